The predicted octanol–water partition coefficient (Wildman–Crippen LogP) is 4.01. The molecule has 0 saturated carbocycles. The fourth-order valence-corrected chi connectivity index (χ4v) is 2.10. The highest BCUT2D eigenvalue weighted by atomic mass is 35.5. The molecule has 0 aromatic heterocycles. The minimum Gasteiger partial charge on any atom is -0.492 e. The van der Waals surface area contributed by atoms with E-state index in [1.54, 1.807) is 0 Å². The smallest absolute Gasteiger partial charge is 0.170 e. The molecule has 0 unspecified atom stereocenters. The van der Waals surface area contributed by atoms with Gasteiger partial charge in [0, 0.05) is 10.7 Å². The second-order valence-electron chi connectivity index (χ2n) is 4.51. The maximum Gasteiger partial charge on any atom is 0.170 e. The fraction of sp³-hybridized carbons (Fsp3) is 0.188. The van der Waals surface area contributed by atoms with Gasteiger partial charge in [-0.25, -0.2) is 0 Å². The van der Waals surface area contributed by atoms with Crippen molar-refractivity contribution in [3.63, 3.8) is 0 Å². The van der Waals surface area contributed by atoms with Gasteiger partial charge in [-0.15, -0.1) is 0 Å². The summed E-state index contributed by atoms with van der Waals surface area (Å²) < 4.78 is 5.57. The number of ether oxygens (including phenoxy) is 1. The number of thiocarbonyl (C=S) groups is 1. The van der Waals surface area contributed by atoms with Gasteiger partial charge in [-0.05, 0) is 49.0 Å². The van der Waals surface area contributed by atoms with E-state index in [-0.39, 0.29) is 0 Å². The Balaban J connectivity index is 1.71. The van der Waals surface area contributed by atoms with E-state index in [0.29, 0.717) is 18.3 Å². The number of hydrogen-bond acceptors (Lipinski definition) is 2. The summed E-state index contributed by atoms with van der Waals surface area (Å²) in [6, 6.07) is 15.4. The van der Waals surface area contributed by atoms with Crippen molar-refractivity contribution >= 4 is 34.6 Å². The molecule has 0 amide bonds. The second kappa shape index (κ2) is 7.86. The lowest BCUT2D eigenvalue weighted by atomic mass is 10.2. The number of hydrogen-bond donors (Lipinski definition) is 2. The first-order valence-corrected chi connectivity index (χ1v) is 7.42. The van der Waals surface area contributed by atoms with E-state index >= 15 is 0 Å². The predicted molar refractivity (Wildman–Crippen MR) is 92.3 cm³/mol. The summed E-state index contributed by atoms with van der Waals surface area (Å²) in [7, 11) is 0. The third-order valence-electron chi connectivity index (χ3n) is 2.83. The lowest BCUT2D eigenvalue weighted by Gasteiger charge is -2.12. The van der Waals surface area contributed by atoms with Gasteiger partial charge in [0.15, 0.2) is 5.11 Å². The van der Waals surface area contributed by atoms with Crippen LogP contribution in [0.1, 0.15) is 5.56 Å². The molecule has 2 aromatic carbocycles. The normalized spacial score (nSPS) is 10.0. The molecule has 0 bridgehead atoms. The van der Waals surface area contributed by atoms with Crippen molar-refractivity contribution < 1.29 is 4.74 Å². The van der Waals surface area contributed by atoms with Gasteiger partial charge in [-0.1, -0.05) is 35.9 Å². The Labute approximate surface area is 135 Å². The number of para-hydroxylation sites is 1. The van der Waals surface area contributed by atoms with E-state index in [2.05, 4.69) is 10.6 Å². The van der Waals surface area contributed by atoms with E-state index in [1.807, 2.05) is 55.5 Å². The number of rotatable bonds is 5. The van der Waals surface area contributed by atoms with Gasteiger partial charge in [0.05, 0.1) is 6.54 Å². The van der Waals surface area contributed by atoms with Crippen LogP contribution in [0, 0.1) is 6.92 Å². The second-order valence-corrected chi connectivity index (χ2v) is 5.32. The zero-order chi connectivity index (χ0) is 15.1. The van der Waals surface area contributed by atoms with E-state index < -0.39 is 0 Å². The zero-order valence-corrected chi connectivity index (χ0v) is 13.3. The molecule has 0 radical (unpaired) electrons. The van der Waals surface area contributed by atoms with E-state index in [1.165, 1.54) is 0 Å². The maximum atomic E-state index is 6.07. The molecule has 21 heavy (non-hydrogen) atoms. The SMILES string of the molecule is Cc1ccc(NC(=S)NCCOc2ccccc2)cc1Cl. The molecule has 2 N–H and O–H groups in total. The molecular weight excluding hydrogens is 304 g/mol. The molecule has 0 heterocycles. The topological polar surface area (TPSA) is 33.3 Å². The minimum atomic E-state index is 0.542. The first kappa shape index (κ1) is 15.6. The van der Waals surface area contributed by atoms with Crippen molar-refractivity contribution in [3.05, 3.63) is 59.1 Å². The van der Waals surface area contributed by atoms with Gasteiger partial charge in [0.1, 0.15) is 12.4 Å². The van der Waals surface area contributed by atoms with Crippen molar-refractivity contribution in [1.29, 1.82) is 0 Å². The summed E-state index contributed by atoms with van der Waals surface area (Å²) in [6.45, 7) is 3.13. The number of halogens is 1. The highest BCUT2D eigenvalue weighted by molar-refractivity contribution is 7.80. The van der Waals surface area contributed by atoms with Crippen LogP contribution in [0.4, 0.5) is 5.69 Å². The average molecular weight is 321 g/mol. The molecule has 5 heteroatoms. The number of nitrogens with one attached hydrogen (secondary N) is 2. The van der Waals surface area contributed by atoms with Crippen molar-refractivity contribution in [2.75, 3.05) is 18.5 Å². The fourth-order valence-electron chi connectivity index (χ4n) is 1.70. The molecule has 0 aliphatic carbocycles. The van der Waals surface area contributed by atoms with E-state index in [4.69, 9.17) is 28.6 Å². The summed E-state index contributed by atoms with van der Waals surface area (Å²) in [6.07, 6.45) is 0. The molecule has 0 aliphatic heterocycles. The standard InChI is InChI=1S/C16H17ClN2OS/c1-12-7-8-13(11-15(12)17)19-16(21)18-9-10-20-14-5-3-2-4-6-14/h2-8,11H,9-10H2,1H3,(H2,18,19,21). The molecule has 0 fully saturated rings. The van der Waals surface area contributed by atoms with Crippen LogP contribution < -0.4 is 15.4 Å². The number of anilines is 1. The Kier molecular flexibility index (Phi) is 5.84. The Hall–Kier alpha value is -1.78. The highest BCUT2D eigenvalue weighted by Gasteiger charge is 2.00. The number of aryl methyl sites for hydroxylation is 1. The van der Waals surface area contributed by atoms with Gasteiger partial charge in [-0.3, -0.25) is 0 Å². The summed E-state index contributed by atoms with van der Waals surface area (Å²) in [5.74, 6) is 0.850. The number of benzene rings is 2. The van der Waals surface area contributed by atoms with Crippen LogP contribution in [0.15, 0.2) is 48.5 Å². The molecule has 2 rings (SSSR count). The van der Waals surface area contributed by atoms with Gasteiger partial charge >= 0.3 is 0 Å². The van der Waals surface area contributed by atoms with Gasteiger partial charge in [-0.2, -0.15) is 0 Å². The molecular formula is C16H17ClN2OS. The third-order valence-corrected chi connectivity index (χ3v) is 3.48. The molecule has 2 aromatic rings. The minimum absolute atomic E-state index is 0.542. The van der Waals surface area contributed by atoms with Crippen LogP contribution in [0.3, 0.4) is 0 Å². The third kappa shape index (κ3) is 5.25. The first-order valence-electron chi connectivity index (χ1n) is 6.64. The van der Waals surface area contributed by atoms with Crippen LogP contribution in [0.2, 0.25) is 5.02 Å². The Morgan fingerprint density at radius 2 is 1.95 bits per heavy atom. The van der Waals surface area contributed by atoms with Crippen molar-refractivity contribution in [2.24, 2.45) is 0 Å². The Bertz CT molecular complexity index is 604. The Morgan fingerprint density at radius 3 is 2.67 bits per heavy atom. The lowest BCUT2D eigenvalue weighted by molar-refractivity contribution is 0.323. The molecule has 0 spiro atoms. The lowest BCUT2D eigenvalue weighted by Crippen LogP contribution is -2.31. The van der Waals surface area contributed by atoms with Gasteiger partial charge in [0.2, 0.25) is 0 Å². The van der Waals surface area contributed by atoms with Crippen molar-refractivity contribution in [1.82, 2.24) is 5.32 Å². The first-order chi connectivity index (χ1) is 10.1. The molecule has 3 nitrogen and oxygen atoms in total. The molecule has 0 saturated heterocycles. The van der Waals surface area contributed by atoms with E-state index in [9.17, 15) is 0 Å². The monoisotopic (exact) mass is 320 g/mol. The highest BCUT2D eigenvalue weighted by Crippen LogP contribution is 2.19. The largest absolute Gasteiger partial charge is 0.492 e. The average Bonchev–Trinajstić information content (AvgIpc) is 2.49. The van der Waals surface area contributed by atoms with Crippen LogP contribution in [0.5, 0.6) is 5.75 Å². The molecule has 0 atom stereocenters. The Morgan fingerprint density at radius 1 is 1.19 bits per heavy atom. The summed E-state index contributed by atoms with van der Waals surface area (Å²) in [5, 5.41) is 7.44. The summed E-state index contributed by atoms with van der Waals surface area (Å²) in [4.78, 5) is 0. The van der Waals surface area contributed by atoms with Crippen LogP contribution in [-0.4, -0.2) is 18.3 Å². The van der Waals surface area contributed by atoms with Gasteiger partial charge in [0.25, 0.3) is 0 Å². The van der Waals surface area contributed by atoms with Crippen LogP contribution >= 0.6 is 23.8 Å². The van der Waals surface area contributed by atoms with Crippen molar-refractivity contribution in [2.45, 2.75) is 6.92 Å². The molecule has 0 aliphatic rings. The van der Waals surface area contributed by atoms with Crippen molar-refractivity contribution in [3.8, 4) is 5.75 Å². The van der Waals surface area contributed by atoms with Crippen LogP contribution in [0.25, 0.3) is 0 Å². The maximum absolute atomic E-state index is 6.07. The van der Waals surface area contributed by atoms with Gasteiger partial charge < -0.3 is 15.4 Å². The summed E-state index contributed by atoms with van der Waals surface area (Å²) >= 11 is 11.3. The van der Waals surface area contributed by atoms with Crippen LogP contribution in [-0.2, 0) is 0 Å². The zero-order valence-electron chi connectivity index (χ0n) is 11.7. The quantitative estimate of drug-likeness (QED) is 0.644. The molecule has 110 valence electrons. The summed E-state index contributed by atoms with van der Waals surface area (Å²) in [5.41, 5.74) is 1.91. The van der Waals surface area contributed by atoms with E-state index in [0.717, 1.165) is 22.0 Å².